The smallest absolute Gasteiger partial charge is 0.329 e. The first-order valence-corrected chi connectivity index (χ1v) is 10.1. The fraction of sp³-hybridized carbons (Fsp3) is 0.733. The Kier molecular flexibility index (Phi) is 8.76. The van der Waals surface area contributed by atoms with E-state index in [1.165, 1.54) is 0 Å². The molecule has 2 aliphatic rings. The molecule has 2 aliphatic heterocycles. The first kappa shape index (κ1) is 23.5. The van der Waals surface area contributed by atoms with E-state index in [9.17, 15) is 13.6 Å². The van der Waals surface area contributed by atoms with Gasteiger partial charge in [0, 0.05) is 12.1 Å². The van der Waals surface area contributed by atoms with Crippen molar-refractivity contribution in [2.75, 3.05) is 33.9 Å². The van der Waals surface area contributed by atoms with Gasteiger partial charge in [-0.2, -0.15) is 5.48 Å². The Morgan fingerprint density at radius 3 is 2.97 bits per heavy atom. The predicted octanol–water partition coefficient (Wildman–Crippen LogP) is -3.50. The monoisotopic (exact) mass is 435 g/mol. The Bertz CT molecular complexity index is 651. The Morgan fingerprint density at radius 1 is 1.55 bits per heavy atom. The van der Waals surface area contributed by atoms with Crippen LogP contribution < -0.4 is 27.3 Å². The molecule has 2 heterocycles. The first-order chi connectivity index (χ1) is 13.8. The van der Waals surface area contributed by atoms with Crippen LogP contribution in [0.5, 0.6) is 0 Å². The van der Waals surface area contributed by atoms with Gasteiger partial charge in [0.15, 0.2) is 0 Å². The predicted molar refractivity (Wildman–Crippen MR) is 102 cm³/mol. The normalized spacial score (nSPS) is 28.2. The number of hydroxylamine groups is 2. The highest BCUT2D eigenvalue weighted by Crippen LogP contribution is 2.36. The molecular formula is C15H29N7O6S. The van der Waals surface area contributed by atoms with Gasteiger partial charge in [-0.05, 0) is 31.5 Å². The summed E-state index contributed by atoms with van der Waals surface area (Å²) in [6.07, 6.45) is 1.85. The van der Waals surface area contributed by atoms with Crippen molar-refractivity contribution in [1.82, 2.24) is 21.2 Å². The van der Waals surface area contributed by atoms with E-state index in [0.717, 1.165) is 6.42 Å². The molecule has 0 aromatic rings. The molecule has 2 bridgehead atoms. The van der Waals surface area contributed by atoms with Crippen molar-refractivity contribution in [3.8, 4) is 0 Å². The molecule has 4 unspecified atom stereocenters. The van der Waals surface area contributed by atoms with Crippen molar-refractivity contribution < 1.29 is 32.8 Å². The molecule has 1 amide bonds. The summed E-state index contributed by atoms with van der Waals surface area (Å²) in [6, 6.07) is -1.10. The van der Waals surface area contributed by atoms with E-state index in [1.807, 2.05) is 7.05 Å². The van der Waals surface area contributed by atoms with Crippen LogP contribution in [-0.4, -0.2) is 77.0 Å². The van der Waals surface area contributed by atoms with Crippen molar-refractivity contribution in [3.63, 3.8) is 0 Å². The van der Waals surface area contributed by atoms with Gasteiger partial charge >= 0.3 is 5.96 Å². The molecule has 2 rings (SSSR count). The molecule has 2 saturated heterocycles. The number of amides is 1. The minimum Gasteiger partial charge on any atom is -0.748 e. The second-order valence-corrected chi connectivity index (χ2v) is 7.40. The molecule has 0 radical (unpaired) electrons. The fourth-order valence-electron chi connectivity index (χ4n) is 3.48. The van der Waals surface area contributed by atoms with Gasteiger partial charge in [0.25, 0.3) is 0 Å². The van der Waals surface area contributed by atoms with Gasteiger partial charge in [-0.15, -0.1) is 0 Å². The lowest BCUT2D eigenvalue weighted by atomic mass is 9.76. The highest BCUT2D eigenvalue weighted by Gasteiger charge is 2.49. The SMILES string of the molecule is C=C(NOCCON=C(N)[NH2+]C)C1CCC2(NC)CC(NOS(=O)[O-])C(=O)N1C2. The number of nitrogens with two attached hydrogens (primary N) is 2. The number of hydrogen-bond donors (Lipinski definition) is 5. The third kappa shape index (κ3) is 6.33. The van der Waals surface area contributed by atoms with Crippen LogP contribution in [0.4, 0.5) is 0 Å². The van der Waals surface area contributed by atoms with Crippen LogP contribution in [0, 0.1) is 0 Å². The summed E-state index contributed by atoms with van der Waals surface area (Å²) >= 11 is -2.77. The number of nitrogens with zero attached hydrogens (tertiary/aromatic N) is 2. The Hall–Kier alpha value is -1.81. The zero-order chi connectivity index (χ0) is 21.4. The van der Waals surface area contributed by atoms with Crippen LogP contribution in [-0.2, 0) is 30.1 Å². The van der Waals surface area contributed by atoms with Crippen LogP contribution in [0.1, 0.15) is 19.3 Å². The maximum Gasteiger partial charge on any atom is 0.329 e. The summed E-state index contributed by atoms with van der Waals surface area (Å²) in [5.74, 6) is 0.00657. The highest BCUT2D eigenvalue weighted by molar-refractivity contribution is 7.74. The summed E-state index contributed by atoms with van der Waals surface area (Å²) in [7, 11) is 3.56. The van der Waals surface area contributed by atoms with Crippen LogP contribution in [0.3, 0.4) is 0 Å². The summed E-state index contributed by atoms with van der Waals surface area (Å²) in [5.41, 5.74) is 10.7. The molecule has 2 fully saturated rings. The molecule has 0 aromatic heterocycles. The van der Waals surface area contributed by atoms with Crippen LogP contribution in [0.15, 0.2) is 17.4 Å². The molecule has 14 heteroatoms. The van der Waals surface area contributed by atoms with E-state index in [2.05, 4.69) is 32.3 Å². The van der Waals surface area contributed by atoms with Crippen LogP contribution in [0.2, 0.25) is 0 Å². The number of hydrogen-bond acceptors (Lipinski definition) is 10. The lowest BCUT2D eigenvalue weighted by molar-refractivity contribution is -0.509. The number of carbonyl (C=O) groups is 1. The summed E-state index contributed by atoms with van der Waals surface area (Å²) in [4.78, 5) is 24.8. The number of likely N-dealkylation sites (N-methyl/N-ethyl adjacent to an activating group) is 1. The van der Waals surface area contributed by atoms with E-state index in [-0.39, 0.29) is 36.7 Å². The highest BCUT2D eigenvalue weighted by atomic mass is 32.2. The molecule has 4 atom stereocenters. The third-order valence-corrected chi connectivity index (χ3v) is 5.29. The number of rotatable bonds is 11. The van der Waals surface area contributed by atoms with Crippen LogP contribution in [0.25, 0.3) is 0 Å². The number of carbonyl (C=O) groups excluding carboxylic acids is 1. The molecule has 0 aliphatic carbocycles. The Morgan fingerprint density at radius 2 is 2.31 bits per heavy atom. The second-order valence-electron chi connectivity index (χ2n) is 6.83. The fourth-order valence-corrected chi connectivity index (χ4v) is 3.68. The number of piperidine rings is 2. The van der Waals surface area contributed by atoms with E-state index >= 15 is 0 Å². The summed E-state index contributed by atoms with van der Waals surface area (Å²) in [5, 5.41) is 8.51. The van der Waals surface area contributed by atoms with Crippen molar-refractivity contribution in [2.45, 2.75) is 36.9 Å². The van der Waals surface area contributed by atoms with E-state index in [4.69, 9.17) is 15.4 Å². The molecular weight excluding hydrogens is 406 g/mol. The van der Waals surface area contributed by atoms with Gasteiger partial charge in [0.1, 0.15) is 30.6 Å². The molecule has 29 heavy (non-hydrogen) atoms. The minimum atomic E-state index is -2.77. The standard InChI is InChI=1S/C15H29N7O6S/c1-10(19-26-6-7-27-21-14(16)17-2)12-4-5-15(18-3)8-11(20-28-29(24)25)13(23)22(12)9-15/h11-12,18-20H,1,4-9H2,2-3H3,(H,24,25)(H3,16,17,21). The van der Waals surface area contributed by atoms with E-state index in [1.54, 1.807) is 17.3 Å². The van der Waals surface area contributed by atoms with Gasteiger partial charge in [0.05, 0.1) is 18.8 Å². The summed E-state index contributed by atoms with van der Waals surface area (Å²) in [6.45, 7) is 4.81. The molecule has 0 aromatic carbocycles. The van der Waals surface area contributed by atoms with Gasteiger partial charge in [-0.3, -0.25) is 20.4 Å². The van der Waals surface area contributed by atoms with E-state index in [0.29, 0.717) is 25.1 Å². The summed E-state index contributed by atoms with van der Waals surface area (Å²) < 4.78 is 25.8. The van der Waals surface area contributed by atoms with Crippen molar-refractivity contribution in [1.29, 1.82) is 0 Å². The first-order valence-electron chi connectivity index (χ1n) is 9.15. The van der Waals surface area contributed by atoms with Gasteiger partial charge in [-0.25, -0.2) is 8.49 Å². The largest absolute Gasteiger partial charge is 0.748 e. The average molecular weight is 436 g/mol. The Balaban J connectivity index is 1.90. The maximum atomic E-state index is 12.8. The maximum absolute atomic E-state index is 12.8. The van der Waals surface area contributed by atoms with Crippen molar-refractivity contribution in [2.24, 2.45) is 10.9 Å². The second kappa shape index (κ2) is 10.8. The Labute approximate surface area is 171 Å². The number of guanidine groups is 1. The van der Waals surface area contributed by atoms with Gasteiger partial charge < -0.3 is 25.3 Å². The van der Waals surface area contributed by atoms with E-state index < -0.39 is 17.4 Å². The number of nitrogens with one attached hydrogen (secondary N) is 3. The molecule has 7 N–H and O–H groups in total. The lowest BCUT2D eigenvalue weighted by Crippen LogP contribution is -2.86. The van der Waals surface area contributed by atoms with Gasteiger partial charge in [-0.1, -0.05) is 6.58 Å². The van der Waals surface area contributed by atoms with Gasteiger partial charge in [0.2, 0.25) is 5.91 Å². The molecule has 166 valence electrons. The third-order valence-electron chi connectivity index (χ3n) is 5.06. The minimum absolute atomic E-state index is 0.181. The topological polar surface area (TPSA) is 179 Å². The molecule has 0 spiro atoms. The van der Waals surface area contributed by atoms with Crippen LogP contribution >= 0.6 is 0 Å². The zero-order valence-corrected chi connectivity index (χ0v) is 17.3. The molecule has 13 nitrogen and oxygen atoms in total. The number of oxime groups is 1. The lowest BCUT2D eigenvalue weighted by Gasteiger charge is -2.53. The average Bonchev–Trinajstić information content (AvgIpc) is 2.71. The molecule has 0 saturated carbocycles. The number of fused-ring (bicyclic) bond motifs is 2. The van der Waals surface area contributed by atoms with Crippen molar-refractivity contribution >= 4 is 23.2 Å². The zero-order valence-electron chi connectivity index (χ0n) is 16.5. The van der Waals surface area contributed by atoms with Crippen molar-refractivity contribution in [3.05, 3.63) is 12.3 Å². The quantitative estimate of drug-likeness (QED) is 0.0718. The number of quaternary nitrogens is 1.